The molecule has 1 saturated heterocycles. The van der Waals surface area contributed by atoms with Gasteiger partial charge in [0, 0.05) is 18.8 Å². The highest BCUT2D eigenvalue weighted by atomic mass is 16.4. The molecule has 2 aromatic rings. The Morgan fingerprint density at radius 1 is 1.33 bits per heavy atom. The minimum atomic E-state index is -0.495. The second kappa shape index (κ2) is 6.11. The number of hydrogen-bond acceptors (Lipinski definition) is 5. The van der Waals surface area contributed by atoms with Crippen molar-refractivity contribution in [3.8, 4) is 0 Å². The number of benzene rings is 1. The summed E-state index contributed by atoms with van der Waals surface area (Å²) in [6.45, 7) is 4.09. The van der Waals surface area contributed by atoms with Crippen LogP contribution in [0.3, 0.4) is 0 Å². The van der Waals surface area contributed by atoms with Gasteiger partial charge in [-0.1, -0.05) is 0 Å². The van der Waals surface area contributed by atoms with E-state index in [2.05, 4.69) is 20.5 Å². The standard InChI is InChI=1S/C14H18N4O3/c19-13(9-18-6-1-4-15-5-7-18)16-10-2-3-12-11(8-10)17-14(20)21-12/h2-3,8,15H,1,4-7,9H2,(H,16,19)(H,17,20). The van der Waals surface area contributed by atoms with Crippen molar-refractivity contribution >= 4 is 22.7 Å². The van der Waals surface area contributed by atoms with Gasteiger partial charge in [-0.15, -0.1) is 0 Å². The van der Waals surface area contributed by atoms with Crippen LogP contribution >= 0.6 is 0 Å². The van der Waals surface area contributed by atoms with Crippen LogP contribution in [-0.2, 0) is 4.79 Å². The molecule has 1 fully saturated rings. The minimum absolute atomic E-state index is 0.0536. The highest BCUT2D eigenvalue weighted by Crippen LogP contribution is 2.16. The number of aromatic nitrogens is 1. The third-order valence-corrected chi connectivity index (χ3v) is 3.50. The number of aromatic amines is 1. The number of hydrogen-bond donors (Lipinski definition) is 3. The molecule has 1 aliphatic heterocycles. The van der Waals surface area contributed by atoms with E-state index < -0.39 is 5.76 Å². The van der Waals surface area contributed by atoms with Crippen molar-refractivity contribution in [1.82, 2.24) is 15.2 Å². The number of oxazole rings is 1. The maximum Gasteiger partial charge on any atom is 0.417 e. The van der Waals surface area contributed by atoms with E-state index in [-0.39, 0.29) is 5.91 Å². The highest BCUT2D eigenvalue weighted by molar-refractivity contribution is 5.94. The zero-order chi connectivity index (χ0) is 14.7. The summed E-state index contributed by atoms with van der Waals surface area (Å²) in [5.41, 5.74) is 1.71. The van der Waals surface area contributed by atoms with Crippen molar-refractivity contribution in [1.29, 1.82) is 0 Å². The molecular formula is C14H18N4O3. The van der Waals surface area contributed by atoms with E-state index in [1.54, 1.807) is 18.2 Å². The van der Waals surface area contributed by atoms with Crippen molar-refractivity contribution in [2.75, 3.05) is 38.0 Å². The van der Waals surface area contributed by atoms with Crippen LogP contribution in [-0.4, -0.2) is 48.5 Å². The van der Waals surface area contributed by atoms with Crippen LogP contribution in [0.2, 0.25) is 0 Å². The fourth-order valence-electron chi connectivity index (χ4n) is 2.49. The molecule has 7 heteroatoms. The number of H-pyrrole nitrogens is 1. The Labute approximate surface area is 121 Å². The number of carbonyl (C=O) groups excluding carboxylic acids is 1. The number of carbonyl (C=O) groups is 1. The van der Waals surface area contributed by atoms with Gasteiger partial charge in [-0.2, -0.15) is 0 Å². The van der Waals surface area contributed by atoms with Crippen LogP contribution in [0, 0.1) is 0 Å². The lowest BCUT2D eigenvalue weighted by Gasteiger charge is -2.18. The lowest BCUT2D eigenvalue weighted by Crippen LogP contribution is -2.35. The second-order valence-corrected chi connectivity index (χ2v) is 5.15. The van der Waals surface area contributed by atoms with Gasteiger partial charge < -0.3 is 15.1 Å². The van der Waals surface area contributed by atoms with E-state index >= 15 is 0 Å². The normalized spacial score (nSPS) is 16.8. The predicted molar refractivity (Wildman–Crippen MR) is 79.4 cm³/mol. The second-order valence-electron chi connectivity index (χ2n) is 5.15. The molecule has 1 aromatic heterocycles. The molecule has 1 aromatic carbocycles. The van der Waals surface area contributed by atoms with Gasteiger partial charge in [0.15, 0.2) is 5.58 Å². The Hall–Kier alpha value is -2.12. The summed E-state index contributed by atoms with van der Waals surface area (Å²) in [7, 11) is 0. The van der Waals surface area contributed by atoms with Crippen LogP contribution in [0.5, 0.6) is 0 Å². The Bertz CT molecular complexity index is 683. The third-order valence-electron chi connectivity index (χ3n) is 3.50. The van der Waals surface area contributed by atoms with Crippen LogP contribution in [0.15, 0.2) is 27.4 Å². The molecule has 0 saturated carbocycles. The van der Waals surface area contributed by atoms with Gasteiger partial charge in [0.05, 0.1) is 12.1 Å². The van der Waals surface area contributed by atoms with Gasteiger partial charge in [0.25, 0.3) is 0 Å². The van der Waals surface area contributed by atoms with Crippen LogP contribution in [0.1, 0.15) is 6.42 Å². The summed E-state index contributed by atoms with van der Waals surface area (Å²) >= 11 is 0. The molecule has 21 heavy (non-hydrogen) atoms. The summed E-state index contributed by atoms with van der Waals surface area (Å²) < 4.78 is 4.92. The Morgan fingerprint density at radius 3 is 3.14 bits per heavy atom. The summed E-state index contributed by atoms with van der Waals surface area (Å²) in [6, 6.07) is 5.09. The molecule has 1 amide bonds. The Morgan fingerprint density at radius 2 is 2.24 bits per heavy atom. The van der Waals surface area contributed by atoms with Gasteiger partial charge in [-0.3, -0.25) is 14.7 Å². The van der Waals surface area contributed by atoms with E-state index in [9.17, 15) is 9.59 Å². The lowest BCUT2D eigenvalue weighted by molar-refractivity contribution is -0.117. The van der Waals surface area contributed by atoms with Crippen molar-refractivity contribution in [3.05, 3.63) is 28.7 Å². The Kier molecular flexibility index (Phi) is 4.03. The molecule has 0 bridgehead atoms. The van der Waals surface area contributed by atoms with Gasteiger partial charge in [0.2, 0.25) is 5.91 Å². The largest absolute Gasteiger partial charge is 0.417 e. The van der Waals surface area contributed by atoms with E-state index in [1.165, 1.54) is 0 Å². The summed E-state index contributed by atoms with van der Waals surface area (Å²) in [6.07, 6.45) is 1.05. The zero-order valence-corrected chi connectivity index (χ0v) is 11.6. The average molecular weight is 290 g/mol. The number of amides is 1. The number of nitrogens with one attached hydrogen (secondary N) is 3. The van der Waals surface area contributed by atoms with Gasteiger partial charge in [-0.25, -0.2) is 4.79 Å². The molecule has 0 spiro atoms. The fraction of sp³-hybridized carbons (Fsp3) is 0.429. The van der Waals surface area contributed by atoms with Crippen molar-refractivity contribution in [2.45, 2.75) is 6.42 Å². The van der Waals surface area contributed by atoms with Crippen LogP contribution < -0.4 is 16.4 Å². The molecule has 7 nitrogen and oxygen atoms in total. The maximum absolute atomic E-state index is 12.1. The number of nitrogens with zero attached hydrogens (tertiary/aromatic N) is 1. The maximum atomic E-state index is 12.1. The summed E-state index contributed by atoms with van der Waals surface area (Å²) in [4.78, 5) is 27.9. The molecule has 0 atom stereocenters. The van der Waals surface area contributed by atoms with Crippen LogP contribution in [0.25, 0.3) is 11.1 Å². The topological polar surface area (TPSA) is 90.4 Å². The average Bonchev–Trinajstić information content (AvgIpc) is 2.64. The summed E-state index contributed by atoms with van der Waals surface area (Å²) in [5, 5.41) is 6.15. The van der Waals surface area contributed by atoms with Crippen molar-refractivity contribution in [3.63, 3.8) is 0 Å². The third kappa shape index (κ3) is 3.50. The first-order chi connectivity index (χ1) is 10.2. The zero-order valence-electron chi connectivity index (χ0n) is 11.6. The number of anilines is 1. The first-order valence-electron chi connectivity index (χ1n) is 7.06. The quantitative estimate of drug-likeness (QED) is 0.759. The van der Waals surface area contributed by atoms with E-state index in [0.29, 0.717) is 23.3 Å². The molecule has 3 N–H and O–H groups in total. The Balaban J connectivity index is 1.63. The van der Waals surface area contributed by atoms with Crippen molar-refractivity contribution in [2.24, 2.45) is 0 Å². The number of fused-ring (bicyclic) bond motifs is 1. The molecule has 0 aliphatic carbocycles. The fourth-order valence-corrected chi connectivity index (χ4v) is 2.49. The predicted octanol–water partition coefficient (Wildman–Crippen LogP) is 0.355. The smallest absolute Gasteiger partial charge is 0.408 e. The molecule has 112 valence electrons. The monoisotopic (exact) mass is 290 g/mol. The molecule has 2 heterocycles. The molecule has 1 aliphatic rings. The number of rotatable bonds is 3. The van der Waals surface area contributed by atoms with Gasteiger partial charge in [0.1, 0.15) is 0 Å². The van der Waals surface area contributed by atoms with Crippen molar-refractivity contribution < 1.29 is 9.21 Å². The molecule has 0 unspecified atom stereocenters. The van der Waals surface area contributed by atoms with Gasteiger partial charge >= 0.3 is 5.76 Å². The van der Waals surface area contributed by atoms with E-state index in [1.807, 2.05) is 0 Å². The van der Waals surface area contributed by atoms with Gasteiger partial charge in [-0.05, 0) is 37.7 Å². The lowest BCUT2D eigenvalue weighted by atomic mass is 10.3. The molecule has 0 radical (unpaired) electrons. The molecule has 3 rings (SSSR count). The minimum Gasteiger partial charge on any atom is -0.408 e. The first-order valence-corrected chi connectivity index (χ1v) is 7.06. The first kappa shape index (κ1) is 13.8. The summed E-state index contributed by atoms with van der Waals surface area (Å²) in [5.74, 6) is -0.548. The van der Waals surface area contributed by atoms with Crippen LogP contribution in [0.4, 0.5) is 5.69 Å². The molecular weight excluding hydrogens is 272 g/mol. The SMILES string of the molecule is O=C(CN1CCCNCC1)Nc1ccc2oc(=O)[nH]c2c1. The van der Waals surface area contributed by atoms with E-state index in [0.717, 1.165) is 32.6 Å². The van der Waals surface area contributed by atoms with E-state index in [4.69, 9.17) is 4.42 Å². The highest BCUT2D eigenvalue weighted by Gasteiger charge is 2.13.